The van der Waals surface area contributed by atoms with Crippen molar-refractivity contribution in [2.45, 2.75) is 6.42 Å². The Kier molecular flexibility index (Phi) is 4.68. The van der Waals surface area contributed by atoms with Crippen LogP contribution in [0.2, 0.25) is 0 Å². The van der Waals surface area contributed by atoms with Gasteiger partial charge in [0.2, 0.25) is 5.76 Å². The Labute approximate surface area is 120 Å². The van der Waals surface area contributed by atoms with Gasteiger partial charge in [-0.2, -0.15) is 0 Å². The lowest BCUT2D eigenvalue weighted by molar-refractivity contribution is 0.0651. The highest BCUT2D eigenvalue weighted by molar-refractivity contribution is 6.04. The molecule has 0 aliphatic carbocycles. The monoisotopic (exact) mass is 290 g/mol. The van der Waals surface area contributed by atoms with Crippen LogP contribution in [0, 0.1) is 0 Å². The molecule has 0 bridgehead atoms. The number of carboxylic acid groups (broad SMARTS) is 1. The SMILES string of the molecule is COCCc1ccccc1NC(=O)c1cc(C(=O)O)on1. The Bertz CT molecular complexity index is 650. The first-order valence-corrected chi connectivity index (χ1v) is 6.20. The van der Waals surface area contributed by atoms with Gasteiger partial charge in [0.05, 0.1) is 6.61 Å². The predicted octanol–water partition coefficient (Wildman–Crippen LogP) is 1.81. The van der Waals surface area contributed by atoms with Crippen molar-refractivity contribution in [1.82, 2.24) is 5.16 Å². The molecule has 0 atom stereocenters. The van der Waals surface area contributed by atoms with Crippen LogP contribution in [0.4, 0.5) is 5.69 Å². The third-order valence-electron chi connectivity index (χ3n) is 2.79. The second kappa shape index (κ2) is 6.67. The average Bonchev–Trinajstić information content (AvgIpc) is 2.96. The number of anilines is 1. The molecule has 21 heavy (non-hydrogen) atoms. The van der Waals surface area contributed by atoms with Crippen molar-refractivity contribution in [3.63, 3.8) is 0 Å². The van der Waals surface area contributed by atoms with Crippen LogP contribution < -0.4 is 5.32 Å². The van der Waals surface area contributed by atoms with Crippen LogP contribution in [0.5, 0.6) is 0 Å². The highest BCUT2D eigenvalue weighted by atomic mass is 16.5. The summed E-state index contributed by atoms with van der Waals surface area (Å²) >= 11 is 0. The Morgan fingerprint density at radius 2 is 2.14 bits per heavy atom. The van der Waals surface area contributed by atoms with Crippen molar-refractivity contribution < 1.29 is 24.0 Å². The lowest BCUT2D eigenvalue weighted by Gasteiger charge is -2.09. The molecule has 1 heterocycles. The summed E-state index contributed by atoms with van der Waals surface area (Å²) in [6, 6.07) is 8.35. The van der Waals surface area contributed by atoms with E-state index in [1.54, 1.807) is 19.2 Å². The first kappa shape index (κ1) is 14.7. The zero-order chi connectivity index (χ0) is 15.2. The number of ether oxygens (including phenoxy) is 1. The molecule has 2 rings (SSSR count). The van der Waals surface area contributed by atoms with Crippen LogP contribution in [-0.2, 0) is 11.2 Å². The van der Waals surface area contributed by atoms with E-state index in [0.29, 0.717) is 18.7 Å². The number of nitrogens with zero attached hydrogens (tertiary/aromatic N) is 1. The molecule has 0 fully saturated rings. The van der Waals surface area contributed by atoms with E-state index in [1.807, 2.05) is 12.1 Å². The number of amides is 1. The lowest BCUT2D eigenvalue weighted by Crippen LogP contribution is -2.14. The number of methoxy groups -OCH3 is 1. The van der Waals surface area contributed by atoms with E-state index < -0.39 is 11.9 Å². The third-order valence-corrected chi connectivity index (χ3v) is 2.79. The van der Waals surface area contributed by atoms with Crippen LogP contribution in [0.3, 0.4) is 0 Å². The van der Waals surface area contributed by atoms with Crippen molar-refractivity contribution in [2.75, 3.05) is 19.0 Å². The van der Waals surface area contributed by atoms with Gasteiger partial charge in [-0.1, -0.05) is 23.4 Å². The lowest BCUT2D eigenvalue weighted by atomic mass is 10.1. The van der Waals surface area contributed by atoms with Crippen molar-refractivity contribution >= 4 is 17.6 Å². The zero-order valence-corrected chi connectivity index (χ0v) is 11.3. The van der Waals surface area contributed by atoms with E-state index in [0.717, 1.165) is 11.6 Å². The van der Waals surface area contributed by atoms with Gasteiger partial charge in [-0.25, -0.2) is 4.79 Å². The third kappa shape index (κ3) is 3.67. The molecule has 2 N–H and O–H groups in total. The van der Waals surface area contributed by atoms with E-state index in [1.165, 1.54) is 0 Å². The zero-order valence-electron chi connectivity index (χ0n) is 11.3. The van der Waals surface area contributed by atoms with Gasteiger partial charge in [0.1, 0.15) is 0 Å². The molecule has 2 aromatic rings. The molecule has 110 valence electrons. The molecule has 0 unspecified atom stereocenters. The largest absolute Gasteiger partial charge is 0.475 e. The standard InChI is InChI=1S/C14H14N2O5/c1-20-7-6-9-4-2-3-5-10(9)15-13(17)11-8-12(14(18)19)21-16-11/h2-5,8H,6-7H2,1H3,(H,15,17)(H,18,19). The number of rotatable bonds is 6. The summed E-state index contributed by atoms with van der Waals surface area (Å²) in [5, 5.41) is 14.8. The number of carbonyl (C=O) groups is 2. The molecule has 0 aliphatic heterocycles. The predicted molar refractivity (Wildman–Crippen MR) is 73.4 cm³/mol. The molecule has 0 saturated heterocycles. The number of hydrogen-bond acceptors (Lipinski definition) is 5. The van der Waals surface area contributed by atoms with Crippen LogP contribution in [0.15, 0.2) is 34.9 Å². The summed E-state index contributed by atoms with van der Waals surface area (Å²) in [5.41, 5.74) is 1.45. The minimum atomic E-state index is -1.28. The maximum atomic E-state index is 12.0. The summed E-state index contributed by atoms with van der Waals surface area (Å²) in [5.74, 6) is -2.19. The normalized spacial score (nSPS) is 10.3. The Morgan fingerprint density at radius 3 is 2.81 bits per heavy atom. The van der Waals surface area contributed by atoms with E-state index in [-0.39, 0.29) is 11.5 Å². The summed E-state index contributed by atoms with van der Waals surface area (Å²) in [6.07, 6.45) is 0.645. The number of aromatic carboxylic acids is 1. The molecular formula is C14H14N2O5. The molecule has 0 saturated carbocycles. The van der Waals surface area contributed by atoms with E-state index in [2.05, 4.69) is 15.0 Å². The van der Waals surface area contributed by atoms with Crippen molar-refractivity contribution in [2.24, 2.45) is 0 Å². The topological polar surface area (TPSA) is 102 Å². The Balaban J connectivity index is 2.13. The highest BCUT2D eigenvalue weighted by Gasteiger charge is 2.17. The number of carboxylic acids is 1. The van der Waals surface area contributed by atoms with Crippen LogP contribution in [0.1, 0.15) is 26.6 Å². The first-order chi connectivity index (χ1) is 10.1. The van der Waals surface area contributed by atoms with Crippen LogP contribution in [0.25, 0.3) is 0 Å². The molecule has 0 aliphatic rings. The quantitative estimate of drug-likeness (QED) is 0.841. The fourth-order valence-corrected chi connectivity index (χ4v) is 1.74. The molecular weight excluding hydrogens is 276 g/mol. The fraction of sp³-hybridized carbons (Fsp3) is 0.214. The van der Waals surface area contributed by atoms with E-state index in [4.69, 9.17) is 9.84 Å². The van der Waals surface area contributed by atoms with Crippen molar-refractivity contribution in [3.8, 4) is 0 Å². The minimum absolute atomic E-state index is 0.0889. The number of aromatic nitrogens is 1. The Hall–Kier alpha value is -2.67. The summed E-state index contributed by atoms with van der Waals surface area (Å²) in [6.45, 7) is 0.528. The Morgan fingerprint density at radius 1 is 1.38 bits per heavy atom. The molecule has 7 nitrogen and oxygen atoms in total. The average molecular weight is 290 g/mol. The van der Waals surface area contributed by atoms with Gasteiger partial charge in [0, 0.05) is 18.9 Å². The second-order valence-electron chi connectivity index (χ2n) is 4.24. The van der Waals surface area contributed by atoms with Crippen molar-refractivity contribution in [1.29, 1.82) is 0 Å². The van der Waals surface area contributed by atoms with Gasteiger partial charge in [-0.15, -0.1) is 0 Å². The van der Waals surface area contributed by atoms with Crippen molar-refractivity contribution in [3.05, 3.63) is 47.3 Å². The molecule has 7 heteroatoms. The second-order valence-corrected chi connectivity index (χ2v) is 4.24. The van der Waals surface area contributed by atoms with Crippen LogP contribution >= 0.6 is 0 Å². The van der Waals surface area contributed by atoms with Gasteiger partial charge >= 0.3 is 5.97 Å². The van der Waals surface area contributed by atoms with Gasteiger partial charge in [0.25, 0.3) is 5.91 Å². The number of para-hydroxylation sites is 1. The molecule has 0 spiro atoms. The number of hydrogen-bond donors (Lipinski definition) is 2. The summed E-state index contributed by atoms with van der Waals surface area (Å²) in [7, 11) is 1.60. The molecule has 1 aromatic carbocycles. The number of nitrogens with one attached hydrogen (secondary N) is 1. The molecule has 1 amide bonds. The van der Waals surface area contributed by atoms with Gasteiger partial charge < -0.3 is 19.7 Å². The highest BCUT2D eigenvalue weighted by Crippen LogP contribution is 2.17. The maximum absolute atomic E-state index is 12.0. The first-order valence-electron chi connectivity index (χ1n) is 6.20. The van der Waals surface area contributed by atoms with Gasteiger partial charge in [0.15, 0.2) is 5.69 Å². The van der Waals surface area contributed by atoms with E-state index in [9.17, 15) is 9.59 Å². The summed E-state index contributed by atoms with van der Waals surface area (Å²) in [4.78, 5) is 22.7. The molecule has 0 radical (unpaired) electrons. The van der Waals surface area contributed by atoms with Crippen LogP contribution in [-0.4, -0.2) is 35.9 Å². The van der Waals surface area contributed by atoms with E-state index >= 15 is 0 Å². The summed E-state index contributed by atoms with van der Waals surface area (Å²) < 4.78 is 9.56. The van der Waals surface area contributed by atoms with Gasteiger partial charge in [-0.05, 0) is 18.1 Å². The fourth-order valence-electron chi connectivity index (χ4n) is 1.74. The molecule has 1 aromatic heterocycles. The number of carbonyl (C=O) groups excluding carboxylic acids is 1. The smallest absolute Gasteiger partial charge is 0.374 e. The minimum Gasteiger partial charge on any atom is -0.475 e. The van der Waals surface area contributed by atoms with Gasteiger partial charge in [-0.3, -0.25) is 4.79 Å². The maximum Gasteiger partial charge on any atom is 0.374 e. The number of benzene rings is 1.